The first-order chi connectivity index (χ1) is 10.8. The molecule has 0 saturated carbocycles. The van der Waals surface area contributed by atoms with E-state index in [1.54, 1.807) is 12.1 Å². The first kappa shape index (κ1) is 14.2. The van der Waals surface area contributed by atoms with Gasteiger partial charge < -0.3 is 0 Å². The van der Waals surface area contributed by atoms with Crippen LogP contribution in [-0.2, 0) is 0 Å². The Kier molecular flexibility index (Phi) is 3.62. The predicted molar refractivity (Wildman–Crippen MR) is 84.5 cm³/mol. The average molecular weight is 301 g/mol. The van der Waals surface area contributed by atoms with Gasteiger partial charge in [-0.05, 0) is 43.4 Å². The Morgan fingerprint density at radius 2 is 1.45 bits per heavy atom. The number of fused-ring (bicyclic) bond motifs is 3. The van der Waals surface area contributed by atoms with Crippen molar-refractivity contribution in [3.63, 3.8) is 0 Å². The minimum absolute atomic E-state index is 0.187. The van der Waals surface area contributed by atoms with Crippen LogP contribution in [0.5, 0.6) is 0 Å². The number of piperidine rings is 2. The molecule has 0 N–H and O–H groups in total. The second kappa shape index (κ2) is 5.63. The molecule has 3 atom stereocenters. The van der Waals surface area contributed by atoms with Crippen molar-refractivity contribution in [1.82, 2.24) is 9.80 Å². The molecule has 0 spiro atoms. The number of nitro benzene ring substituents is 1. The van der Waals surface area contributed by atoms with Crippen LogP contribution in [-0.4, -0.2) is 39.9 Å². The molecule has 3 fully saturated rings. The van der Waals surface area contributed by atoms with Crippen LogP contribution in [0.3, 0.4) is 0 Å². The van der Waals surface area contributed by atoms with Crippen LogP contribution in [0.2, 0.25) is 0 Å². The van der Waals surface area contributed by atoms with Gasteiger partial charge in [-0.1, -0.05) is 12.8 Å². The average Bonchev–Trinajstić information content (AvgIpc) is 2.89. The number of rotatable bonds is 2. The fraction of sp³-hybridized carbons (Fsp3) is 0.647. The SMILES string of the molecule is O=[N+]([O-])c1ccc(C2N3CCCC[C@@H]3[C@@H]3CCCCN23)cc1. The number of hydrogen-bond donors (Lipinski definition) is 0. The Morgan fingerprint density at radius 3 is 1.95 bits per heavy atom. The number of hydrogen-bond acceptors (Lipinski definition) is 4. The molecule has 0 aliphatic carbocycles. The summed E-state index contributed by atoms with van der Waals surface area (Å²) in [6.45, 7) is 2.33. The van der Waals surface area contributed by atoms with Gasteiger partial charge in [0.25, 0.3) is 5.69 Å². The van der Waals surface area contributed by atoms with Gasteiger partial charge in [0.05, 0.1) is 11.1 Å². The zero-order chi connectivity index (χ0) is 15.1. The second-order valence-electron chi connectivity index (χ2n) is 6.82. The molecule has 3 saturated heterocycles. The largest absolute Gasteiger partial charge is 0.280 e. The van der Waals surface area contributed by atoms with E-state index in [2.05, 4.69) is 9.80 Å². The van der Waals surface area contributed by atoms with Gasteiger partial charge in [-0.15, -0.1) is 0 Å². The van der Waals surface area contributed by atoms with Gasteiger partial charge in [0.15, 0.2) is 0 Å². The van der Waals surface area contributed by atoms with E-state index in [1.165, 1.54) is 57.2 Å². The van der Waals surface area contributed by atoms with E-state index in [0.29, 0.717) is 18.2 Å². The molecule has 5 nitrogen and oxygen atoms in total. The topological polar surface area (TPSA) is 49.6 Å². The molecule has 0 aromatic heterocycles. The van der Waals surface area contributed by atoms with Crippen LogP contribution in [0, 0.1) is 10.1 Å². The normalized spacial score (nSPS) is 32.5. The quantitative estimate of drug-likeness (QED) is 0.621. The molecule has 118 valence electrons. The lowest BCUT2D eigenvalue weighted by Gasteiger charge is -2.35. The number of nitro groups is 1. The summed E-state index contributed by atoms with van der Waals surface area (Å²) in [7, 11) is 0. The van der Waals surface area contributed by atoms with Crippen molar-refractivity contribution in [2.75, 3.05) is 13.1 Å². The fourth-order valence-electron chi connectivity index (χ4n) is 4.73. The maximum atomic E-state index is 10.9. The summed E-state index contributed by atoms with van der Waals surface area (Å²) in [5.74, 6) is 0. The van der Waals surface area contributed by atoms with Crippen LogP contribution < -0.4 is 0 Å². The van der Waals surface area contributed by atoms with Gasteiger partial charge in [0, 0.05) is 37.3 Å². The minimum Gasteiger partial charge on any atom is -0.280 e. The third kappa shape index (κ3) is 2.23. The molecule has 22 heavy (non-hydrogen) atoms. The van der Waals surface area contributed by atoms with E-state index in [9.17, 15) is 10.1 Å². The Morgan fingerprint density at radius 1 is 0.909 bits per heavy atom. The van der Waals surface area contributed by atoms with Crippen molar-refractivity contribution in [2.45, 2.75) is 56.8 Å². The van der Waals surface area contributed by atoms with Crippen LogP contribution >= 0.6 is 0 Å². The Bertz CT molecular complexity index is 538. The number of benzene rings is 1. The van der Waals surface area contributed by atoms with Crippen molar-refractivity contribution in [1.29, 1.82) is 0 Å². The highest BCUT2D eigenvalue weighted by atomic mass is 16.6. The smallest absolute Gasteiger partial charge is 0.269 e. The number of non-ortho nitro benzene ring substituents is 1. The molecule has 0 bridgehead atoms. The first-order valence-corrected chi connectivity index (χ1v) is 8.51. The van der Waals surface area contributed by atoms with Gasteiger partial charge in [0.2, 0.25) is 0 Å². The molecule has 5 heteroatoms. The molecule has 0 amide bonds. The summed E-state index contributed by atoms with van der Waals surface area (Å²) < 4.78 is 0. The standard InChI is InChI=1S/C17H23N3O2/c21-20(22)14-9-7-13(8-10-14)17-18-11-3-1-5-15(18)16-6-2-4-12-19(16)17/h7-10,15-17H,1-6,11-12H2/t15-,16+,17?. The maximum Gasteiger partial charge on any atom is 0.269 e. The molecule has 3 aliphatic rings. The van der Waals surface area contributed by atoms with Crippen LogP contribution in [0.4, 0.5) is 5.69 Å². The molecular weight excluding hydrogens is 278 g/mol. The second-order valence-corrected chi connectivity index (χ2v) is 6.82. The summed E-state index contributed by atoms with van der Waals surface area (Å²) in [6.07, 6.45) is 8.20. The van der Waals surface area contributed by atoms with Gasteiger partial charge in [-0.2, -0.15) is 0 Å². The lowest BCUT2D eigenvalue weighted by Crippen LogP contribution is -2.41. The van der Waals surface area contributed by atoms with Gasteiger partial charge >= 0.3 is 0 Å². The van der Waals surface area contributed by atoms with Crippen LogP contribution in [0.1, 0.15) is 50.3 Å². The summed E-state index contributed by atoms with van der Waals surface area (Å²) in [5, 5.41) is 10.9. The molecule has 4 rings (SSSR count). The molecule has 1 aromatic rings. The maximum absolute atomic E-state index is 10.9. The minimum atomic E-state index is -0.314. The van der Waals surface area contributed by atoms with Crippen molar-refractivity contribution >= 4 is 5.69 Å². The third-order valence-corrected chi connectivity index (χ3v) is 5.66. The van der Waals surface area contributed by atoms with E-state index in [-0.39, 0.29) is 10.6 Å². The molecule has 0 radical (unpaired) electrons. The highest BCUT2D eigenvalue weighted by Crippen LogP contribution is 2.45. The lowest BCUT2D eigenvalue weighted by molar-refractivity contribution is -0.384. The molecule has 1 aromatic carbocycles. The predicted octanol–water partition coefficient (Wildman–Crippen LogP) is 3.32. The van der Waals surface area contributed by atoms with E-state index >= 15 is 0 Å². The highest BCUT2D eigenvalue weighted by molar-refractivity contribution is 5.35. The van der Waals surface area contributed by atoms with Crippen molar-refractivity contribution in [3.05, 3.63) is 39.9 Å². The lowest BCUT2D eigenvalue weighted by atomic mass is 9.92. The third-order valence-electron chi connectivity index (χ3n) is 5.66. The monoisotopic (exact) mass is 301 g/mol. The Labute approximate surface area is 131 Å². The summed E-state index contributed by atoms with van der Waals surface area (Å²) in [6, 6.07) is 8.62. The highest BCUT2D eigenvalue weighted by Gasteiger charge is 2.48. The molecule has 1 unspecified atom stereocenters. The number of nitrogens with zero attached hydrogens (tertiary/aromatic N) is 3. The zero-order valence-electron chi connectivity index (χ0n) is 12.9. The van der Waals surface area contributed by atoms with Crippen molar-refractivity contribution in [2.24, 2.45) is 0 Å². The summed E-state index contributed by atoms with van der Waals surface area (Å²) >= 11 is 0. The van der Waals surface area contributed by atoms with E-state index < -0.39 is 0 Å². The zero-order valence-corrected chi connectivity index (χ0v) is 12.9. The van der Waals surface area contributed by atoms with Crippen molar-refractivity contribution in [3.8, 4) is 0 Å². The van der Waals surface area contributed by atoms with E-state index in [1.807, 2.05) is 12.1 Å². The van der Waals surface area contributed by atoms with Crippen LogP contribution in [0.15, 0.2) is 24.3 Å². The van der Waals surface area contributed by atoms with Crippen LogP contribution in [0.25, 0.3) is 0 Å². The van der Waals surface area contributed by atoms with Gasteiger partial charge in [-0.3, -0.25) is 19.9 Å². The Hall–Kier alpha value is -1.46. The molecule has 3 aliphatic heterocycles. The fourth-order valence-corrected chi connectivity index (χ4v) is 4.73. The summed E-state index contributed by atoms with van der Waals surface area (Å²) in [4.78, 5) is 15.9. The Balaban J connectivity index is 1.67. The van der Waals surface area contributed by atoms with Crippen molar-refractivity contribution < 1.29 is 4.92 Å². The van der Waals surface area contributed by atoms with Gasteiger partial charge in [0.1, 0.15) is 0 Å². The van der Waals surface area contributed by atoms with E-state index in [0.717, 1.165) is 0 Å². The first-order valence-electron chi connectivity index (χ1n) is 8.51. The van der Waals surface area contributed by atoms with E-state index in [4.69, 9.17) is 0 Å². The molecular formula is C17H23N3O2. The molecule has 3 heterocycles. The summed E-state index contributed by atoms with van der Waals surface area (Å²) in [5.41, 5.74) is 1.41. The van der Waals surface area contributed by atoms with Gasteiger partial charge in [-0.25, -0.2) is 0 Å².